The van der Waals surface area contributed by atoms with E-state index in [1.165, 1.54) is 12.8 Å². The molecule has 1 aromatic rings. The predicted molar refractivity (Wildman–Crippen MR) is 71.4 cm³/mol. The van der Waals surface area contributed by atoms with Crippen LogP contribution in [0.5, 0.6) is 0 Å². The number of hydrogen-bond donors (Lipinski definition) is 1. The lowest BCUT2D eigenvalue weighted by Gasteiger charge is -2.21. The maximum atomic E-state index is 12.2. The molecule has 18 heavy (non-hydrogen) atoms. The average Bonchev–Trinajstić information content (AvgIpc) is 2.58. The molecule has 1 saturated heterocycles. The molecule has 1 aromatic carbocycles. The molecule has 1 N–H and O–H groups in total. The van der Waals surface area contributed by atoms with Crippen LogP contribution in [-0.2, 0) is 9.84 Å². The average molecular weight is 265 g/mol. The highest BCUT2D eigenvalue weighted by Gasteiger charge is 2.38. The molecule has 2 aliphatic heterocycles. The highest BCUT2D eigenvalue weighted by atomic mass is 32.2. The van der Waals surface area contributed by atoms with Gasteiger partial charge in [0.25, 0.3) is 0 Å². The highest BCUT2D eigenvalue weighted by molar-refractivity contribution is 7.91. The molecule has 0 aliphatic carbocycles. The van der Waals surface area contributed by atoms with Gasteiger partial charge in [0, 0.05) is 5.92 Å². The van der Waals surface area contributed by atoms with Crippen LogP contribution < -0.4 is 5.32 Å². The van der Waals surface area contributed by atoms with Crippen molar-refractivity contribution in [2.75, 3.05) is 18.8 Å². The van der Waals surface area contributed by atoms with E-state index in [0.29, 0.717) is 16.6 Å². The number of sulfone groups is 1. The number of hydrogen-bond acceptors (Lipinski definition) is 3. The third-order valence-corrected chi connectivity index (χ3v) is 6.05. The molecule has 0 amide bonds. The first-order valence-electron chi connectivity index (χ1n) is 6.71. The fraction of sp³-hybridized carbons (Fsp3) is 0.571. The zero-order chi connectivity index (χ0) is 12.6. The van der Waals surface area contributed by atoms with Gasteiger partial charge in [-0.15, -0.1) is 0 Å². The lowest BCUT2D eigenvalue weighted by atomic mass is 9.85. The summed E-state index contributed by atoms with van der Waals surface area (Å²) in [7, 11) is -3.04. The molecule has 0 saturated carbocycles. The molecule has 4 heteroatoms. The fourth-order valence-corrected chi connectivity index (χ4v) is 5.23. The van der Waals surface area contributed by atoms with Crippen LogP contribution in [0.15, 0.2) is 29.2 Å². The van der Waals surface area contributed by atoms with E-state index in [0.717, 1.165) is 25.1 Å². The molecular formula is C14H19NO2S. The molecule has 1 fully saturated rings. The molecule has 2 heterocycles. The van der Waals surface area contributed by atoms with E-state index in [1.54, 1.807) is 6.07 Å². The first-order valence-corrected chi connectivity index (χ1v) is 8.36. The third-order valence-electron chi connectivity index (χ3n) is 4.21. The van der Waals surface area contributed by atoms with Gasteiger partial charge in [-0.3, -0.25) is 0 Å². The summed E-state index contributed by atoms with van der Waals surface area (Å²) in [4.78, 5) is 0.569. The Morgan fingerprint density at radius 2 is 2.00 bits per heavy atom. The molecule has 0 spiro atoms. The summed E-state index contributed by atoms with van der Waals surface area (Å²) in [6.45, 7) is 2.02. The second-order valence-corrected chi connectivity index (χ2v) is 7.39. The molecule has 0 aromatic heterocycles. The standard InChI is InChI=1S/C14H19NO2S/c16-18(17)10-13(11-5-3-4-8-15-9-11)12-6-1-2-7-14(12)18/h1-2,6-7,11,13,15H,3-5,8-10H2. The molecule has 2 aliphatic rings. The van der Waals surface area contributed by atoms with Crippen molar-refractivity contribution in [1.29, 1.82) is 0 Å². The molecule has 3 nitrogen and oxygen atoms in total. The van der Waals surface area contributed by atoms with Crippen LogP contribution in [0.3, 0.4) is 0 Å². The molecule has 2 atom stereocenters. The molecule has 0 radical (unpaired) electrons. The van der Waals surface area contributed by atoms with Crippen LogP contribution >= 0.6 is 0 Å². The lowest BCUT2D eigenvalue weighted by molar-refractivity contribution is 0.415. The quantitative estimate of drug-likeness (QED) is 0.844. The summed E-state index contributed by atoms with van der Waals surface area (Å²) in [5.74, 6) is 0.960. The number of benzene rings is 1. The summed E-state index contributed by atoms with van der Waals surface area (Å²) in [5, 5.41) is 3.44. The van der Waals surface area contributed by atoms with Crippen molar-refractivity contribution in [3.8, 4) is 0 Å². The Balaban J connectivity index is 1.95. The van der Waals surface area contributed by atoms with Crippen LogP contribution in [0.4, 0.5) is 0 Å². The Labute approximate surface area is 109 Å². The minimum atomic E-state index is -3.04. The largest absolute Gasteiger partial charge is 0.316 e. The van der Waals surface area contributed by atoms with Gasteiger partial charge >= 0.3 is 0 Å². The van der Waals surface area contributed by atoms with Gasteiger partial charge < -0.3 is 5.32 Å². The second kappa shape index (κ2) is 4.67. The smallest absolute Gasteiger partial charge is 0.179 e. The van der Waals surface area contributed by atoms with Gasteiger partial charge in [0.2, 0.25) is 0 Å². The molecular weight excluding hydrogens is 246 g/mol. The Morgan fingerprint density at radius 1 is 1.17 bits per heavy atom. The van der Waals surface area contributed by atoms with Crippen molar-refractivity contribution in [1.82, 2.24) is 5.32 Å². The molecule has 0 bridgehead atoms. The summed E-state index contributed by atoms with van der Waals surface area (Å²) in [5.41, 5.74) is 1.05. The topological polar surface area (TPSA) is 46.2 Å². The number of rotatable bonds is 1. The fourth-order valence-electron chi connectivity index (χ4n) is 3.27. The SMILES string of the molecule is O=S1(=O)CC(C2CCCCNC2)c2ccccc21. The Kier molecular flexibility index (Phi) is 3.16. The van der Waals surface area contributed by atoms with E-state index in [4.69, 9.17) is 0 Å². The van der Waals surface area contributed by atoms with Gasteiger partial charge in [-0.1, -0.05) is 24.6 Å². The van der Waals surface area contributed by atoms with E-state index in [9.17, 15) is 8.42 Å². The van der Waals surface area contributed by atoms with Gasteiger partial charge in [-0.25, -0.2) is 8.42 Å². The van der Waals surface area contributed by atoms with Crippen LogP contribution in [0.2, 0.25) is 0 Å². The molecule has 2 unspecified atom stereocenters. The van der Waals surface area contributed by atoms with Crippen LogP contribution in [0, 0.1) is 5.92 Å². The summed E-state index contributed by atoms with van der Waals surface area (Å²) in [6.07, 6.45) is 3.55. The van der Waals surface area contributed by atoms with Crippen LogP contribution in [0.1, 0.15) is 30.7 Å². The van der Waals surface area contributed by atoms with Gasteiger partial charge in [-0.2, -0.15) is 0 Å². The van der Waals surface area contributed by atoms with E-state index >= 15 is 0 Å². The van der Waals surface area contributed by atoms with E-state index in [2.05, 4.69) is 5.32 Å². The Morgan fingerprint density at radius 3 is 2.89 bits per heavy atom. The maximum Gasteiger partial charge on any atom is 0.179 e. The normalized spacial score (nSPS) is 30.7. The van der Waals surface area contributed by atoms with Crippen molar-refractivity contribution in [3.05, 3.63) is 29.8 Å². The summed E-state index contributed by atoms with van der Waals surface area (Å²) >= 11 is 0. The third kappa shape index (κ3) is 2.08. The Bertz CT molecular complexity index is 530. The Hall–Kier alpha value is -0.870. The van der Waals surface area contributed by atoms with Gasteiger partial charge in [0.05, 0.1) is 10.6 Å². The summed E-state index contributed by atoms with van der Waals surface area (Å²) < 4.78 is 24.3. The van der Waals surface area contributed by atoms with E-state index in [1.807, 2.05) is 18.2 Å². The number of nitrogens with one attached hydrogen (secondary N) is 1. The van der Waals surface area contributed by atoms with E-state index < -0.39 is 9.84 Å². The second-order valence-electron chi connectivity index (χ2n) is 5.39. The number of fused-ring (bicyclic) bond motifs is 1. The van der Waals surface area contributed by atoms with Crippen molar-refractivity contribution in [2.45, 2.75) is 30.1 Å². The first kappa shape index (κ1) is 12.2. The van der Waals surface area contributed by atoms with E-state index in [-0.39, 0.29) is 5.92 Å². The zero-order valence-corrected chi connectivity index (χ0v) is 11.2. The molecule has 3 rings (SSSR count). The molecule has 98 valence electrons. The van der Waals surface area contributed by atoms with Gasteiger partial charge in [-0.05, 0) is 43.5 Å². The predicted octanol–water partition coefficient (Wildman–Crippen LogP) is 1.95. The van der Waals surface area contributed by atoms with Gasteiger partial charge in [0.15, 0.2) is 9.84 Å². The van der Waals surface area contributed by atoms with Crippen molar-refractivity contribution >= 4 is 9.84 Å². The first-order chi connectivity index (χ1) is 8.68. The lowest BCUT2D eigenvalue weighted by Crippen LogP contribution is -2.26. The minimum Gasteiger partial charge on any atom is -0.316 e. The van der Waals surface area contributed by atoms with Gasteiger partial charge in [0.1, 0.15) is 0 Å². The zero-order valence-electron chi connectivity index (χ0n) is 10.4. The van der Waals surface area contributed by atoms with Crippen LogP contribution in [0.25, 0.3) is 0 Å². The van der Waals surface area contributed by atoms with Crippen molar-refractivity contribution < 1.29 is 8.42 Å². The maximum absolute atomic E-state index is 12.2. The highest BCUT2D eigenvalue weighted by Crippen LogP contribution is 2.41. The van der Waals surface area contributed by atoms with Crippen molar-refractivity contribution in [3.63, 3.8) is 0 Å². The summed E-state index contributed by atoms with van der Waals surface area (Å²) in [6, 6.07) is 7.53. The van der Waals surface area contributed by atoms with Crippen molar-refractivity contribution in [2.24, 2.45) is 5.92 Å². The monoisotopic (exact) mass is 265 g/mol. The minimum absolute atomic E-state index is 0.191. The van der Waals surface area contributed by atoms with Crippen LogP contribution in [-0.4, -0.2) is 27.3 Å².